The lowest BCUT2D eigenvalue weighted by molar-refractivity contribution is 0.0123. The van der Waals surface area contributed by atoms with Crippen molar-refractivity contribution < 1.29 is 13.9 Å². The Morgan fingerprint density at radius 2 is 1.94 bits per heavy atom. The highest BCUT2D eigenvalue weighted by Gasteiger charge is 2.41. The van der Waals surface area contributed by atoms with Crippen LogP contribution in [0.15, 0.2) is 18.2 Å². The lowest BCUT2D eigenvalue weighted by atomic mass is 9.78. The standard InChI is InChI=1S/C13H16F2OS/c1-12(2)6-13(16,8-17-7-12)10-5-9(14)3-4-11(10)15/h3-5,16H,6-8H2,1-2H3. The Hall–Kier alpha value is -0.610. The molecule has 0 saturated carbocycles. The molecule has 1 atom stereocenters. The molecule has 1 aliphatic heterocycles. The first-order valence-corrected chi connectivity index (χ1v) is 6.74. The number of rotatable bonds is 1. The molecular formula is C13H16F2OS. The summed E-state index contributed by atoms with van der Waals surface area (Å²) in [5, 5.41) is 10.6. The van der Waals surface area contributed by atoms with Gasteiger partial charge in [0, 0.05) is 11.3 Å². The quantitative estimate of drug-likeness (QED) is 0.834. The largest absolute Gasteiger partial charge is 0.384 e. The molecule has 1 unspecified atom stereocenters. The van der Waals surface area contributed by atoms with E-state index in [1.54, 1.807) is 11.8 Å². The van der Waals surface area contributed by atoms with E-state index in [0.717, 1.165) is 24.0 Å². The summed E-state index contributed by atoms with van der Waals surface area (Å²) in [4.78, 5) is 0. The van der Waals surface area contributed by atoms with Gasteiger partial charge in [0.05, 0.1) is 0 Å². The van der Waals surface area contributed by atoms with E-state index < -0.39 is 17.2 Å². The van der Waals surface area contributed by atoms with Crippen LogP contribution in [0.5, 0.6) is 0 Å². The van der Waals surface area contributed by atoms with Crippen molar-refractivity contribution in [1.82, 2.24) is 0 Å². The lowest BCUT2D eigenvalue weighted by Gasteiger charge is -2.41. The molecule has 2 rings (SSSR count). The SMILES string of the molecule is CC1(C)CSCC(O)(c2cc(F)ccc2F)C1. The smallest absolute Gasteiger partial charge is 0.129 e. The van der Waals surface area contributed by atoms with Gasteiger partial charge in [-0.1, -0.05) is 13.8 Å². The van der Waals surface area contributed by atoms with Crippen LogP contribution < -0.4 is 0 Å². The van der Waals surface area contributed by atoms with Crippen molar-refractivity contribution in [3.05, 3.63) is 35.4 Å². The normalized spacial score (nSPS) is 28.1. The number of benzene rings is 1. The predicted octanol–water partition coefficient (Wildman–Crippen LogP) is 3.32. The van der Waals surface area contributed by atoms with Crippen molar-refractivity contribution in [3.8, 4) is 0 Å². The summed E-state index contributed by atoms with van der Waals surface area (Å²) in [7, 11) is 0. The number of hydrogen-bond donors (Lipinski definition) is 1. The number of hydrogen-bond acceptors (Lipinski definition) is 2. The monoisotopic (exact) mass is 258 g/mol. The first-order valence-electron chi connectivity index (χ1n) is 5.58. The molecule has 0 aliphatic carbocycles. The number of thioether (sulfide) groups is 1. The summed E-state index contributed by atoms with van der Waals surface area (Å²) in [6.07, 6.45) is 0.452. The Labute approximate surface area is 104 Å². The van der Waals surface area contributed by atoms with E-state index in [1.807, 2.05) is 13.8 Å². The Morgan fingerprint density at radius 3 is 2.59 bits per heavy atom. The number of halogens is 2. The number of aliphatic hydroxyl groups is 1. The Kier molecular flexibility index (Phi) is 3.21. The van der Waals surface area contributed by atoms with Crippen LogP contribution in [-0.2, 0) is 5.60 Å². The summed E-state index contributed by atoms with van der Waals surface area (Å²) < 4.78 is 26.9. The molecule has 1 nitrogen and oxygen atoms in total. The fourth-order valence-electron chi connectivity index (χ4n) is 2.42. The Balaban J connectivity index is 2.40. The van der Waals surface area contributed by atoms with Gasteiger partial charge in [-0.2, -0.15) is 11.8 Å². The van der Waals surface area contributed by atoms with Crippen LogP contribution in [0.2, 0.25) is 0 Å². The molecule has 1 N–H and O–H groups in total. The summed E-state index contributed by atoms with van der Waals surface area (Å²) >= 11 is 1.58. The summed E-state index contributed by atoms with van der Waals surface area (Å²) in [6.45, 7) is 4.06. The van der Waals surface area contributed by atoms with Crippen LogP contribution in [0.25, 0.3) is 0 Å². The topological polar surface area (TPSA) is 20.2 Å². The van der Waals surface area contributed by atoms with Gasteiger partial charge in [-0.05, 0) is 35.8 Å². The molecule has 1 fully saturated rings. The van der Waals surface area contributed by atoms with Crippen molar-refractivity contribution in [3.63, 3.8) is 0 Å². The van der Waals surface area contributed by atoms with E-state index in [2.05, 4.69) is 0 Å². The van der Waals surface area contributed by atoms with Gasteiger partial charge in [0.1, 0.15) is 17.2 Å². The molecular weight excluding hydrogens is 242 g/mol. The maximum Gasteiger partial charge on any atom is 0.129 e. The van der Waals surface area contributed by atoms with Crippen molar-refractivity contribution in [2.24, 2.45) is 5.41 Å². The molecule has 1 aliphatic rings. The van der Waals surface area contributed by atoms with Gasteiger partial charge in [0.15, 0.2) is 0 Å². The van der Waals surface area contributed by atoms with E-state index in [1.165, 1.54) is 0 Å². The second-order valence-corrected chi connectivity index (χ2v) is 6.48. The van der Waals surface area contributed by atoms with E-state index in [4.69, 9.17) is 0 Å². The van der Waals surface area contributed by atoms with Gasteiger partial charge in [-0.15, -0.1) is 0 Å². The Bertz CT molecular complexity index is 433. The maximum absolute atomic E-state index is 13.7. The summed E-state index contributed by atoms with van der Waals surface area (Å²) in [5.41, 5.74) is -1.26. The van der Waals surface area contributed by atoms with Gasteiger partial charge in [0.2, 0.25) is 0 Å². The molecule has 94 valence electrons. The third kappa shape index (κ3) is 2.63. The van der Waals surface area contributed by atoms with Crippen molar-refractivity contribution in [2.75, 3.05) is 11.5 Å². The van der Waals surface area contributed by atoms with Crippen LogP contribution in [0.1, 0.15) is 25.8 Å². The minimum absolute atomic E-state index is 0.0730. The van der Waals surface area contributed by atoms with Crippen LogP contribution in [0.4, 0.5) is 8.78 Å². The third-order valence-corrected chi connectivity index (χ3v) is 4.70. The van der Waals surface area contributed by atoms with E-state index in [-0.39, 0.29) is 11.0 Å². The van der Waals surface area contributed by atoms with Crippen LogP contribution in [0.3, 0.4) is 0 Å². The van der Waals surface area contributed by atoms with E-state index in [0.29, 0.717) is 12.2 Å². The molecule has 0 spiro atoms. The van der Waals surface area contributed by atoms with E-state index in [9.17, 15) is 13.9 Å². The molecule has 0 radical (unpaired) electrons. The van der Waals surface area contributed by atoms with Crippen LogP contribution >= 0.6 is 11.8 Å². The molecule has 1 heterocycles. The average Bonchev–Trinajstić information content (AvgIpc) is 2.19. The van der Waals surface area contributed by atoms with Gasteiger partial charge < -0.3 is 5.11 Å². The van der Waals surface area contributed by atoms with E-state index >= 15 is 0 Å². The fraction of sp³-hybridized carbons (Fsp3) is 0.538. The van der Waals surface area contributed by atoms with Crippen molar-refractivity contribution in [1.29, 1.82) is 0 Å². The summed E-state index contributed by atoms with van der Waals surface area (Å²) in [6, 6.07) is 3.26. The van der Waals surface area contributed by atoms with Crippen molar-refractivity contribution in [2.45, 2.75) is 25.9 Å². The molecule has 1 aromatic carbocycles. The zero-order valence-corrected chi connectivity index (χ0v) is 10.8. The highest BCUT2D eigenvalue weighted by Crippen LogP contribution is 2.45. The molecule has 0 aromatic heterocycles. The summed E-state index contributed by atoms with van der Waals surface area (Å²) in [5.74, 6) is 0.290. The molecule has 1 aromatic rings. The van der Waals surface area contributed by atoms with Gasteiger partial charge >= 0.3 is 0 Å². The van der Waals surface area contributed by atoms with Crippen molar-refractivity contribution >= 4 is 11.8 Å². The zero-order chi connectivity index (χ0) is 12.7. The molecule has 0 bridgehead atoms. The zero-order valence-electron chi connectivity index (χ0n) is 9.96. The second kappa shape index (κ2) is 4.25. The second-order valence-electron chi connectivity index (χ2n) is 5.49. The molecule has 17 heavy (non-hydrogen) atoms. The first kappa shape index (κ1) is 12.8. The average molecular weight is 258 g/mol. The highest BCUT2D eigenvalue weighted by atomic mass is 32.2. The minimum atomic E-state index is -1.27. The first-order chi connectivity index (χ1) is 7.82. The fourth-order valence-corrected chi connectivity index (χ4v) is 3.77. The molecule has 0 amide bonds. The maximum atomic E-state index is 13.7. The van der Waals surface area contributed by atoms with Crippen LogP contribution in [0, 0.1) is 17.0 Å². The lowest BCUT2D eigenvalue weighted by Crippen LogP contribution is -2.40. The molecule has 4 heteroatoms. The van der Waals surface area contributed by atoms with Gasteiger partial charge in [-0.3, -0.25) is 0 Å². The predicted molar refractivity (Wildman–Crippen MR) is 66.0 cm³/mol. The van der Waals surface area contributed by atoms with Gasteiger partial charge in [0.25, 0.3) is 0 Å². The Morgan fingerprint density at radius 1 is 1.24 bits per heavy atom. The van der Waals surface area contributed by atoms with Crippen LogP contribution in [-0.4, -0.2) is 16.6 Å². The third-order valence-electron chi connectivity index (χ3n) is 3.03. The minimum Gasteiger partial charge on any atom is -0.384 e. The molecule has 1 saturated heterocycles. The van der Waals surface area contributed by atoms with Gasteiger partial charge in [-0.25, -0.2) is 8.78 Å². The highest BCUT2D eigenvalue weighted by molar-refractivity contribution is 7.99.